The van der Waals surface area contributed by atoms with Gasteiger partial charge in [-0.2, -0.15) is 38.6 Å². The van der Waals surface area contributed by atoms with Crippen molar-refractivity contribution in [3.63, 3.8) is 0 Å². The Hall–Kier alpha value is -4.41. The van der Waals surface area contributed by atoms with Crippen LogP contribution in [-0.2, 0) is 39.0 Å². The number of hydrogen-bond acceptors (Lipinski definition) is 26. The summed E-state index contributed by atoms with van der Waals surface area (Å²) in [4.78, 5) is 32.0. The smallest absolute Gasteiger partial charge is 0.744 e. The van der Waals surface area contributed by atoms with E-state index in [-0.39, 0.29) is 122 Å². The van der Waals surface area contributed by atoms with Gasteiger partial charge in [0.15, 0.2) is 0 Å². The van der Waals surface area contributed by atoms with Crippen LogP contribution in [0.1, 0.15) is 25.7 Å². The summed E-state index contributed by atoms with van der Waals surface area (Å²) in [5, 5.41) is 44.2. The Morgan fingerprint density at radius 2 is 0.934 bits per heavy atom. The zero-order valence-corrected chi connectivity index (χ0v) is 44.3. The predicted molar refractivity (Wildman–Crippen MR) is 260 cm³/mol. The number of nitrogens with zero attached hydrogens (tertiary/aromatic N) is 8. The number of hydrogen-bond donors (Lipinski definition) is 4. The van der Waals surface area contributed by atoms with Gasteiger partial charge in [0.2, 0.25) is 35.7 Å². The van der Waals surface area contributed by atoms with Crippen LogP contribution in [0.5, 0.6) is 0 Å². The molecule has 0 unspecified atom stereocenters. The molecule has 4 N–H and O–H groups in total. The molecule has 0 atom stereocenters. The van der Waals surface area contributed by atoms with E-state index in [2.05, 4.69) is 50.5 Å². The fourth-order valence-electron chi connectivity index (χ4n) is 8.50. The van der Waals surface area contributed by atoms with Gasteiger partial charge >= 0.3 is 75.4 Å². The van der Waals surface area contributed by atoms with Crippen molar-refractivity contribution in [2.75, 3.05) is 57.2 Å². The quantitative estimate of drug-likeness (QED) is 0.0204. The molecule has 10 rings (SSSR count). The summed E-state index contributed by atoms with van der Waals surface area (Å²) in [6.45, 7) is 2.75. The van der Waals surface area contributed by atoms with E-state index in [0.717, 1.165) is 79.8 Å². The van der Waals surface area contributed by atoms with E-state index in [0.29, 0.717) is 68.7 Å². The van der Waals surface area contributed by atoms with Crippen LogP contribution in [0.25, 0.3) is 32.3 Å². The van der Waals surface area contributed by atoms with Gasteiger partial charge in [0, 0.05) is 58.6 Å². The summed E-state index contributed by atoms with van der Waals surface area (Å²) in [6, 6.07) is 25.6. The number of rotatable bonds is 18. The van der Waals surface area contributed by atoms with Crippen molar-refractivity contribution in [1.82, 2.24) is 29.9 Å². The second kappa shape index (κ2) is 26.5. The van der Waals surface area contributed by atoms with Crippen LogP contribution >= 0.6 is 24.1 Å². The summed E-state index contributed by atoms with van der Waals surface area (Å²) in [5.74, 6) is 1.08. The van der Waals surface area contributed by atoms with Crippen LogP contribution in [0.3, 0.4) is 0 Å². The second-order valence-corrected chi connectivity index (χ2v) is 20.3. The summed E-state index contributed by atoms with van der Waals surface area (Å²) >= 11 is 1.41. The minimum Gasteiger partial charge on any atom is -0.744 e. The molecule has 0 bridgehead atoms. The predicted octanol–water partition coefficient (Wildman–Crippen LogP) is -6.02. The van der Waals surface area contributed by atoms with E-state index in [9.17, 15) is 36.5 Å². The van der Waals surface area contributed by atoms with E-state index >= 15 is 0 Å². The molecule has 2 fully saturated rings. The van der Waals surface area contributed by atoms with Crippen molar-refractivity contribution >= 4 is 135 Å². The number of nitrogens with one attached hydrogen (secondary N) is 4. The van der Waals surface area contributed by atoms with Gasteiger partial charge in [0.1, 0.15) is 20.2 Å². The van der Waals surface area contributed by atoms with E-state index in [4.69, 9.17) is 24.3 Å². The number of anilines is 10. The molecular weight excluding hydrogens is 1040 g/mol. The van der Waals surface area contributed by atoms with E-state index in [1.807, 2.05) is 47.4 Å². The van der Waals surface area contributed by atoms with Crippen molar-refractivity contribution in [1.29, 1.82) is 0 Å². The van der Waals surface area contributed by atoms with Gasteiger partial charge in [-0.05, 0) is 90.4 Å². The average Bonchev–Trinajstić information content (AvgIpc) is 4.12. The van der Waals surface area contributed by atoms with Crippen LogP contribution in [0.15, 0.2) is 117 Å². The largest absolute Gasteiger partial charge is 1.00 e. The van der Waals surface area contributed by atoms with Crippen LogP contribution < -0.4 is 117 Å². The van der Waals surface area contributed by atoms with Crippen LogP contribution in [-0.4, -0.2) is 82.0 Å². The Morgan fingerprint density at radius 1 is 0.474 bits per heavy atom. The minimum absolute atomic E-state index is 0. The second-order valence-electron chi connectivity index (χ2n) is 16.2. The first-order chi connectivity index (χ1) is 34.8. The number of aromatic nitrogens is 6. The van der Waals surface area contributed by atoms with E-state index in [1.165, 1.54) is 12.1 Å². The Labute approximate surface area is 491 Å². The van der Waals surface area contributed by atoms with Crippen LogP contribution in [0, 0.1) is 0 Å². The molecule has 6 aromatic carbocycles. The molecule has 2 aromatic heterocycles. The average molecular weight is 1080 g/mol. The summed E-state index contributed by atoms with van der Waals surface area (Å²) in [7, 11) is -10.1. The molecule has 2 aliphatic rings. The Bertz CT molecular complexity index is 3620. The maximum Gasteiger partial charge on any atom is 1.00 e. The molecule has 0 spiro atoms. The summed E-state index contributed by atoms with van der Waals surface area (Å²) < 4.78 is 82.7. The fraction of sp³-hybridized carbons (Fsp3) is 0.182. The van der Waals surface area contributed by atoms with Gasteiger partial charge in [-0.25, -0.2) is 16.8 Å². The van der Waals surface area contributed by atoms with Gasteiger partial charge in [-0.15, -0.1) is 0 Å². The molecule has 32 heteroatoms. The zero-order chi connectivity index (χ0) is 50.0. The molecule has 0 amide bonds. The van der Waals surface area contributed by atoms with Crippen LogP contribution in [0.2, 0.25) is 0 Å². The first-order valence-electron chi connectivity index (χ1n) is 21.7. The van der Waals surface area contributed by atoms with Crippen molar-refractivity contribution in [3.8, 4) is 0 Å². The number of benzene rings is 6. The molecular formula is C44H36Li4N12O12S4. The molecule has 0 radical (unpaired) electrons. The molecule has 2 saturated heterocycles. The standard InChI is InChI=1S/C44H40N12O12S4.4Li/c57-65-67-69-27-13-15-29-25(23-27)11-17-35(37(29)70-68-66-58)47-41-49-39(51-43(53-41)55-19-1-2-20-55)45-33-9-5-8-32-31(33)7-6-10-34(32)46-40-50-42(54-44(52-40)56-21-3-4-22-56)48-36-18-12-26-24-28(71(59,60)61)14-16-30(26)38(36)72(62,63)64;;;;/h5-18,23-24,57-58H,1-4,19-22H2,(H,59,60,61)(H,62,63,64)(H2,45,47,49,51,53)(H2,46,48,50,52,54);;;;/q;4*+1/p-4. The summed E-state index contributed by atoms with van der Waals surface area (Å²) in [6.07, 6.45) is 3.67. The molecule has 0 aliphatic carbocycles. The molecule has 76 heavy (non-hydrogen) atoms. The maximum absolute atomic E-state index is 12.8. The normalized spacial score (nSPS) is 13.4. The molecule has 4 heterocycles. The monoisotopic (exact) mass is 1080 g/mol. The van der Waals surface area contributed by atoms with Gasteiger partial charge in [-0.3, -0.25) is 10.1 Å². The van der Waals surface area contributed by atoms with Gasteiger partial charge in [-0.1, -0.05) is 48.5 Å². The molecule has 24 nitrogen and oxygen atoms in total. The topological polar surface area (TPSA) is 329 Å². The third kappa shape index (κ3) is 13.9. The Morgan fingerprint density at radius 3 is 1.43 bits per heavy atom. The Kier molecular flexibility index (Phi) is 21.2. The summed E-state index contributed by atoms with van der Waals surface area (Å²) in [5.41, 5.74) is 1.50. The van der Waals surface area contributed by atoms with Crippen molar-refractivity contribution in [3.05, 3.63) is 97.1 Å². The first-order valence-corrected chi connectivity index (χ1v) is 26.0. The van der Waals surface area contributed by atoms with E-state index < -0.39 is 30.0 Å². The maximum atomic E-state index is 12.8. The van der Waals surface area contributed by atoms with E-state index in [1.54, 1.807) is 24.3 Å². The molecule has 0 saturated carbocycles. The molecule has 8 aromatic rings. The molecule has 372 valence electrons. The minimum atomic E-state index is -5.20. The zero-order valence-electron chi connectivity index (χ0n) is 41.0. The van der Waals surface area contributed by atoms with Crippen molar-refractivity contribution in [2.45, 2.75) is 45.3 Å². The van der Waals surface area contributed by atoms with Crippen LogP contribution in [0.4, 0.5) is 58.4 Å². The van der Waals surface area contributed by atoms with Crippen molar-refractivity contribution < 1.29 is 131 Å². The van der Waals surface area contributed by atoms with Gasteiger partial charge in [0.25, 0.3) is 0 Å². The Balaban J connectivity index is 0.00000234. The van der Waals surface area contributed by atoms with Gasteiger partial charge in [0.05, 0.1) is 50.1 Å². The number of fused-ring (bicyclic) bond motifs is 3. The fourth-order valence-corrected chi connectivity index (χ4v) is 10.8. The first kappa shape index (κ1) is 60.8. The third-order valence-electron chi connectivity index (χ3n) is 11.7. The molecule has 2 aliphatic heterocycles. The van der Waals surface area contributed by atoms with Gasteiger partial charge < -0.3 is 50.7 Å². The van der Waals surface area contributed by atoms with Crippen molar-refractivity contribution in [2.24, 2.45) is 0 Å². The third-order valence-corrected chi connectivity index (χ3v) is 14.7. The SMILES string of the molecule is O=S(=O)([O-])c1ccc2c(S(=O)(=O)[O-])c(Nc3nc(Nc4cccc5c(Nc6nc(Nc7ccc8cc(SOO[O-])ccc8c7SOO[O-])nc(N7CCCC7)n6)cccc45)nc(N4CCCC4)n3)ccc2c1.[Li+].[Li+].[Li+].[Li+].